The van der Waals surface area contributed by atoms with Crippen molar-refractivity contribution < 1.29 is 10.2 Å². The lowest BCUT2D eigenvalue weighted by molar-refractivity contribution is -0.0490. The molecule has 0 unspecified atom stereocenters. The highest BCUT2D eigenvalue weighted by atomic mass is 16.3. The summed E-state index contributed by atoms with van der Waals surface area (Å²) in [5, 5.41) is 22.9. The van der Waals surface area contributed by atoms with Gasteiger partial charge in [0.2, 0.25) is 0 Å². The second-order valence-corrected chi connectivity index (χ2v) is 8.20. The maximum Gasteiger partial charge on any atom is 0.116 e. The first-order chi connectivity index (χ1) is 13.7. The largest absolute Gasteiger partial charge is 0.396 e. The van der Waals surface area contributed by atoms with Gasteiger partial charge in [-0.25, -0.2) is 0 Å². The van der Waals surface area contributed by atoms with Crippen LogP contribution >= 0.6 is 0 Å². The van der Waals surface area contributed by atoms with Crippen molar-refractivity contribution in [2.75, 3.05) is 6.61 Å². The fraction of sp³-hybridized carbons (Fsp3) is 0.385. The van der Waals surface area contributed by atoms with Crippen molar-refractivity contribution in [3.8, 4) is 0 Å². The van der Waals surface area contributed by atoms with Gasteiger partial charge in [0.05, 0.1) is 0 Å². The summed E-state index contributed by atoms with van der Waals surface area (Å²) in [6.45, 7) is 3.97. The first kappa shape index (κ1) is 19.2. The van der Waals surface area contributed by atoms with Crippen LogP contribution in [0.15, 0.2) is 84.5 Å². The lowest BCUT2D eigenvalue weighted by atomic mass is 9.55. The smallest absolute Gasteiger partial charge is 0.116 e. The molecular formula is C26H30O2. The average molecular weight is 375 g/mol. The molecule has 0 aliphatic heterocycles. The van der Waals surface area contributed by atoms with Crippen molar-refractivity contribution in [2.45, 2.75) is 43.6 Å². The fourth-order valence-electron chi connectivity index (χ4n) is 5.69. The molecule has 2 heteroatoms. The summed E-state index contributed by atoms with van der Waals surface area (Å²) in [6.07, 6.45) is 7.09. The molecule has 0 bridgehead atoms. The Morgan fingerprint density at radius 2 is 1.61 bits per heavy atom. The molecule has 146 valence electrons. The Morgan fingerprint density at radius 1 is 0.964 bits per heavy atom. The number of allylic oxidation sites excluding steroid dienone is 2. The minimum Gasteiger partial charge on any atom is -0.396 e. The third-order valence-corrected chi connectivity index (χ3v) is 6.84. The van der Waals surface area contributed by atoms with Gasteiger partial charge in [0, 0.05) is 12.5 Å². The quantitative estimate of drug-likeness (QED) is 0.693. The molecule has 2 aromatic carbocycles. The van der Waals surface area contributed by atoms with Crippen LogP contribution in [0.5, 0.6) is 0 Å². The first-order valence-electron chi connectivity index (χ1n) is 10.5. The molecule has 4 rings (SSSR count). The summed E-state index contributed by atoms with van der Waals surface area (Å²) >= 11 is 0. The van der Waals surface area contributed by atoms with Gasteiger partial charge in [0.15, 0.2) is 0 Å². The number of benzene rings is 2. The zero-order chi connectivity index (χ0) is 19.6. The molecule has 0 heterocycles. The fourth-order valence-corrected chi connectivity index (χ4v) is 5.69. The Morgan fingerprint density at radius 3 is 2.25 bits per heavy atom. The van der Waals surface area contributed by atoms with Crippen LogP contribution in [0.2, 0.25) is 0 Å². The summed E-state index contributed by atoms with van der Waals surface area (Å²) in [7, 11) is 0. The van der Waals surface area contributed by atoms with E-state index in [-0.39, 0.29) is 24.4 Å². The third kappa shape index (κ3) is 3.05. The monoisotopic (exact) mass is 374 g/mol. The van der Waals surface area contributed by atoms with E-state index in [2.05, 4.69) is 30.8 Å². The van der Waals surface area contributed by atoms with Gasteiger partial charge in [-0.05, 0) is 60.6 Å². The molecule has 2 N–H and O–H groups in total. The normalized spacial score (nSPS) is 30.0. The molecular weight excluding hydrogens is 344 g/mol. The van der Waals surface area contributed by atoms with Crippen molar-refractivity contribution in [3.05, 3.63) is 95.6 Å². The Hall–Kier alpha value is -2.16. The number of hydrogen-bond acceptors (Lipinski definition) is 2. The van der Waals surface area contributed by atoms with Gasteiger partial charge >= 0.3 is 0 Å². The summed E-state index contributed by atoms with van der Waals surface area (Å²) in [6, 6.07) is 20.4. The molecule has 2 aromatic rings. The Bertz CT molecular complexity index is 839. The van der Waals surface area contributed by atoms with Crippen molar-refractivity contribution in [2.24, 2.45) is 11.8 Å². The van der Waals surface area contributed by atoms with Crippen LogP contribution in [-0.2, 0) is 5.60 Å². The highest BCUT2D eigenvalue weighted by molar-refractivity contribution is 5.45. The third-order valence-electron chi connectivity index (χ3n) is 6.84. The van der Waals surface area contributed by atoms with Crippen LogP contribution in [0, 0.1) is 11.8 Å². The molecule has 4 atom stereocenters. The molecule has 2 aliphatic rings. The second kappa shape index (κ2) is 8.06. The molecule has 2 aliphatic carbocycles. The number of hydrogen-bond donors (Lipinski definition) is 2. The van der Waals surface area contributed by atoms with Gasteiger partial charge in [-0.1, -0.05) is 72.3 Å². The van der Waals surface area contributed by atoms with Crippen molar-refractivity contribution in [3.63, 3.8) is 0 Å². The number of aliphatic hydroxyl groups is 2. The van der Waals surface area contributed by atoms with Gasteiger partial charge < -0.3 is 10.2 Å². The van der Waals surface area contributed by atoms with E-state index in [0.717, 1.165) is 36.8 Å². The Labute approximate surface area is 168 Å². The molecule has 28 heavy (non-hydrogen) atoms. The van der Waals surface area contributed by atoms with Gasteiger partial charge in [-0.2, -0.15) is 0 Å². The minimum absolute atomic E-state index is 0.0463. The van der Waals surface area contributed by atoms with Gasteiger partial charge in [-0.3, -0.25) is 0 Å². The summed E-state index contributed by atoms with van der Waals surface area (Å²) in [4.78, 5) is 0. The van der Waals surface area contributed by atoms with Gasteiger partial charge in [-0.15, -0.1) is 6.58 Å². The zero-order valence-electron chi connectivity index (χ0n) is 16.4. The summed E-state index contributed by atoms with van der Waals surface area (Å²) < 4.78 is 0. The molecule has 0 radical (unpaired) electrons. The Kier molecular flexibility index (Phi) is 5.52. The number of rotatable bonds is 5. The standard InChI is InChI=1S/C26H30O2/c1-2-11-22-21-16-9-10-17-23(21)26(28,20-14-7-4-8-15-20)24(18-27)25(22)19-12-5-3-6-13-19/h2-8,12-15,22,24-25,27-28H,1,9-11,16-18H2/t22-,24-,25+,26+/m0/s1. The van der Waals surface area contributed by atoms with E-state index in [1.807, 2.05) is 42.5 Å². The predicted molar refractivity (Wildman–Crippen MR) is 114 cm³/mol. The van der Waals surface area contributed by atoms with Crippen molar-refractivity contribution >= 4 is 0 Å². The van der Waals surface area contributed by atoms with Crippen LogP contribution in [-0.4, -0.2) is 16.8 Å². The van der Waals surface area contributed by atoms with Crippen molar-refractivity contribution in [1.29, 1.82) is 0 Å². The maximum absolute atomic E-state index is 12.3. The van der Waals surface area contributed by atoms with E-state index in [1.165, 1.54) is 17.6 Å². The van der Waals surface area contributed by atoms with Gasteiger partial charge in [0.25, 0.3) is 0 Å². The topological polar surface area (TPSA) is 40.5 Å². The van der Waals surface area contributed by atoms with Crippen LogP contribution in [0.1, 0.15) is 49.1 Å². The first-order valence-corrected chi connectivity index (χ1v) is 10.5. The number of aliphatic hydroxyl groups excluding tert-OH is 1. The van der Waals surface area contributed by atoms with E-state index in [0.29, 0.717) is 0 Å². The Balaban J connectivity index is 1.97. The van der Waals surface area contributed by atoms with Gasteiger partial charge in [0.1, 0.15) is 5.60 Å². The highest BCUT2D eigenvalue weighted by Gasteiger charge is 2.53. The average Bonchev–Trinajstić information content (AvgIpc) is 2.76. The predicted octanol–water partition coefficient (Wildman–Crippen LogP) is 5.34. The molecule has 0 amide bonds. The summed E-state index contributed by atoms with van der Waals surface area (Å²) in [5.41, 5.74) is 3.53. The van der Waals surface area contributed by atoms with E-state index in [9.17, 15) is 10.2 Å². The van der Waals surface area contributed by atoms with E-state index < -0.39 is 5.60 Å². The van der Waals surface area contributed by atoms with Crippen LogP contribution in [0.3, 0.4) is 0 Å². The van der Waals surface area contributed by atoms with E-state index >= 15 is 0 Å². The molecule has 2 nitrogen and oxygen atoms in total. The zero-order valence-corrected chi connectivity index (χ0v) is 16.4. The molecule has 0 fully saturated rings. The van der Waals surface area contributed by atoms with E-state index in [4.69, 9.17) is 0 Å². The molecule has 0 saturated carbocycles. The minimum atomic E-state index is -1.12. The van der Waals surface area contributed by atoms with E-state index in [1.54, 1.807) is 0 Å². The molecule has 0 spiro atoms. The lowest BCUT2D eigenvalue weighted by Gasteiger charge is -2.52. The van der Waals surface area contributed by atoms with Crippen LogP contribution in [0.4, 0.5) is 0 Å². The van der Waals surface area contributed by atoms with Crippen molar-refractivity contribution in [1.82, 2.24) is 0 Å². The summed E-state index contributed by atoms with van der Waals surface area (Å²) in [5.74, 6) is 0.0710. The molecule has 0 saturated heterocycles. The van der Waals surface area contributed by atoms with Crippen LogP contribution in [0.25, 0.3) is 0 Å². The SMILES string of the molecule is C=CC[C@H]1C2=C(CCCC2)[C@](O)(c2ccccc2)[C@@H](CO)[C@@H]1c1ccccc1. The van der Waals surface area contributed by atoms with Crippen LogP contribution < -0.4 is 0 Å². The maximum atomic E-state index is 12.3. The highest BCUT2D eigenvalue weighted by Crippen LogP contribution is 2.58. The lowest BCUT2D eigenvalue weighted by Crippen LogP contribution is -2.49. The second-order valence-electron chi connectivity index (χ2n) is 8.20. The molecule has 0 aromatic heterocycles.